The van der Waals surface area contributed by atoms with Crippen molar-refractivity contribution in [2.24, 2.45) is 11.1 Å². The van der Waals surface area contributed by atoms with Crippen LogP contribution in [-0.2, 0) is 11.4 Å². The molecule has 0 fully saturated rings. The molecule has 0 aliphatic rings. The molecule has 0 N–H and O–H groups in total. The molecule has 0 bridgehead atoms. The second kappa shape index (κ2) is 7.21. The maximum absolute atomic E-state index is 13.3. The molecule has 0 heterocycles. The lowest BCUT2D eigenvalue weighted by Crippen LogP contribution is -2.08. The molecule has 0 amide bonds. The maximum Gasteiger partial charge on any atom is 0.200 e. The van der Waals surface area contributed by atoms with Gasteiger partial charge in [-0.1, -0.05) is 25.4 Å². The van der Waals surface area contributed by atoms with E-state index in [2.05, 4.69) is 9.99 Å². The van der Waals surface area contributed by atoms with Crippen molar-refractivity contribution < 1.29 is 26.8 Å². The van der Waals surface area contributed by atoms with E-state index in [4.69, 9.17) is 0 Å². The van der Waals surface area contributed by atoms with Gasteiger partial charge in [-0.3, -0.25) is 0 Å². The number of hydrogen-bond donors (Lipinski definition) is 0. The predicted octanol–water partition coefficient (Wildman–Crippen LogP) is 4.32. The van der Waals surface area contributed by atoms with E-state index in [0.717, 1.165) is 12.8 Å². The predicted molar refractivity (Wildman–Crippen MR) is 63.6 cm³/mol. The number of hydrogen-bond acceptors (Lipinski definition) is 2. The Morgan fingerprint density at radius 3 is 2.00 bits per heavy atom. The average Bonchev–Trinajstić information content (AvgIpc) is 2.42. The first-order valence-corrected chi connectivity index (χ1v) is 6.05. The summed E-state index contributed by atoms with van der Waals surface area (Å²) in [6.45, 7) is 3.00. The second-order valence-electron chi connectivity index (χ2n) is 4.34. The number of rotatable bonds is 6. The standard InChI is InChI=1S/C13H14F5NO/c1-3-4-7(2)5-19-20-6-8-9(14)11(16)13(18)12(17)10(8)15/h5,7H,3-4,6H2,1-2H3/b19-5+. The molecule has 0 radical (unpaired) electrons. The molecule has 0 aliphatic heterocycles. The van der Waals surface area contributed by atoms with E-state index in [1.165, 1.54) is 6.21 Å². The third-order valence-electron chi connectivity index (χ3n) is 2.64. The number of oxime groups is 1. The molecule has 7 heteroatoms. The van der Waals surface area contributed by atoms with Crippen molar-refractivity contribution in [1.29, 1.82) is 0 Å². The summed E-state index contributed by atoms with van der Waals surface area (Å²) >= 11 is 0. The van der Waals surface area contributed by atoms with Gasteiger partial charge in [0.05, 0.1) is 5.56 Å². The minimum absolute atomic E-state index is 0.0939. The highest BCUT2D eigenvalue weighted by molar-refractivity contribution is 5.59. The quantitative estimate of drug-likeness (QED) is 0.252. The van der Waals surface area contributed by atoms with Gasteiger partial charge in [0.25, 0.3) is 0 Å². The number of benzene rings is 1. The van der Waals surface area contributed by atoms with Gasteiger partial charge in [-0.25, -0.2) is 22.0 Å². The third-order valence-corrected chi connectivity index (χ3v) is 2.64. The number of halogens is 5. The molecular formula is C13H14F5NO. The van der Waals surface area contributed by atoms with Crippen LogP contribution in [0, 0.1) is 35.0 Å². The lowest BCUT2D eigenvalue weighted by molar-refractivity contribution is 0.123. The van der Waals surface area contributed by atoms with E-state index in [-0.39, 0.29) is 5.92 Å². The van der Waals surface area contributed by atoms with Crippen LogP contribution < -0.4 is 0 Å². The van der Waals surface area contributed by atoms with Gasteiger partial charge in [-0.05, 0) is 12.3 Å². The lowest BCUT2D eigenvalue weighted by atomic mass is 10.1. The molecule has 0 aliphatic carbocycles. The topological polar surface area (TPSA) is 21.6 Å². The molecule has 1 atom stereocenters. The van der Waals surface area contributed by atoms with Crippen LogP contribution in [0.15, 0.2) is 5.16 Å². The Bertz CT molecular complexity index is 475. The van der Waals surface area contributed by atoms with Crippen molar-refractivity contribution in [3.63, 3.8) is 0 Å². The second-order valence-corrected chi connectivity index (χ2v) is 4.34. The van der Waals surface area contributed by atoms with Crippen LogP contribution in [-0.4, -0.2) is 6.21 Å². The van der Waals surface area contributed by atoms with Gasteiger partial charge in [0, 0.05) is 6.21 Å². The van der Waals surface area contributed by atoms with Crippen molar-refractivity contribution in [3.05, 3.63) is 34.6 Å². The first-order chi connectivity index (χ1) is 9.40. The summed E-state index contributed by atoms with van der Waals surface area (Å²) in [7, 11) is 0. The summed E-state index contributed by atoms with van der Waals surface area (Å²) in [5.41, 5.74) is -1.04. The van der Waals surface area contributed by atoms with Gasteiger partial charge < -0.3 is 4.84 Å². The van der Waals surface area contributed by atoms with E-state index >= 15 is 0 Å². The molecule has 2 nitrogen and oxygen atoms in total. The van der Waals surface area contributed by atoms with Crippen LogP contribution in [0.3, 0.4) is 0 Å². The zero-order valence-corrected chi connectivity index (χ0v) is 11.0. The summed E-state index contributed by atoms with van der Waals surface area (Å²) in [5, 5.41) is 3.45. The monoisotopic (exact) mass is 295 g/mol. The molecule has 1 unspecified atom stereocenters. The van der Waals surface area contributed by atoms with Gasteiger partial charge in [0.2, 0.25) is 5.82 Å². The Labute approximate surface area is 113 Å². The average molecular weight is 295 g/mol. The van der Waals surface area contributed by atoms with E-state index in [0.29, 0.717) is 0 Å². The summed E-state index contributed by atoms with van der Waals surface area (Å²) < 4.78 is 65.1. The first-order valence-electron chi connectivity index (χ1n) is 6.05. The SMILES string of the molecule is CCCC(C)/C=N/OCc1c(F)c(F)c(F)c(F)c1F. The van der Waals surface area contributed by atoms with Crippen molar-refractivity contribution >= 4 is 6.21 Å². The molecule has 1 rings (SSSR count). The highest BCUT2D eigenvalue weighted by atomic mass is 19.2. The van der Waals surface area contributed by atoms with Crippen LogP contribution in [0.25, 0.3) is 0 Å². The zero-order chi connectivity index (χ0) is 15.3. The van der Waals surface area contributed by atoms with Gasteiger partial charge in [-0.15, -0.1) is 0 Å². The first kappa shape index (κ1) is 16.4. The fourth-order valence-corrected chi connectivity index (χ4v) is 1.56. The van der Waals surface area contributed by atoms with Gasteiger partial charge in [-0.2, -0.15) is 0 Å². The minimum Gasteiger partial charge on any atom is -0.391 e. The van der Waals surface area contributed by atoms with E-state index < -0.39 is 41.3 Å². The van der Waals surface area contributed by atoms with Crippen molar-refractivity contribution in [1.82, 2.24) is 0 Å². The van der Waals surface area contributed by atoms with Crippen molar-refractivity contribution in [2.75, 3.05) is 0 Å². The molecule has 0 spiro atoms. The molecule has 112 valence electrons. The van der Waals surface area contributed by atoms with Crippen LogP contribution in [0.2, 0.25) is 0 Å². The summed E-state index contributed by atoms with van der Waals surface area (Å²) in [6, 6.07) is 0. The summed E-state index contributed by atoms with van der Waals surface area (Å²) in [5.74, 6) is -9.90. The van der Waals surface area contributed by atoms with Gasteiger partial charge in [0.15, 0.2) is 23.3 Å². The Morgan fingerprint density at radius 1 is 1.00 bits per heavy atom. The fourth-order valence-electron chi connectivity index (χ4n) is 1.56. The van der Waals surface area contributed by atoms with E-state index in [1.807, 2.05) is 13.8 Å². The third kappa shape index (κ3) is 3.68. The molecule has 1 aromatic carbocycles. The van der Waals surface area contributed by atoms with Gasteiger partial charge >= 0.3 is 0 Å². The Kier molecular flexibility index (Phi) is 5.91. The normalized spacial score (nSPS) is 12.9. The Hall–Kier alpha value is -1.66. The minimum atomic E-state index is -2.19. The molecule has 0 saturated carbocycles. The smallest absolute Gasteiger partial charge is 0.200 e. The largest absolute Gasteiger partial charge is 0.391 e. The van der Waals surface area contributed by atoms with Crippen LogP contribution in [0.5, 0.6) is 0 Å². The lowest BCUT2D eigenvalue weighted by Gasteiger charge is -2.07. The van der Waals surface area contributed by atoms with E-state index in [1.54, 1.807) is 0 Å². The molecule has 0 saturated heterocycles. The maximum atomic E-state index is 13.3. The molecule has 1 aromatic rings. The Balaban J connectivity index is 2.79. The van der Waals surface area contributed by atoms with Crippen LogP contribution in [0.1, 0.15) is 32.3 Å². The molecule has 0 aromatic heterocycles. The summed E-state index contributed by atoms with van der Waals surface area (Å²) in [4.78, 5) is 4.58. The Morgan fingerprint density at radius 2 is 1.50 bits per heavy atom. The van der Waals surface area contributed by atoms with Crippen LogP contribution >= 0.6 is 0 Å². The zero-order valence-electron chi connectivity index (χ0n) is 11.0. The molecule has 20 heavy (non-hydrogen) atoms. The van der Waals surface area contributed by atoms with E-state index in [9.17, 15) is 22.0 Å². The molecular weight excluding hydrogens is 281 g/mol. The fraction of sp³-hybridized carbons (Fsp3) is 0.462. The number of nitrogens with zero attached hydrogens (tertiary/aromatic N) is 1. The highest BCUT2D eigenvalue weighted by Gasteiger charge is 2.25. The van der Waals surface area contributed by atoms with Crippen LogP contribution in [0.4, 0.5) is 22.0 Å². The van der Waals surface area contributed by atoms with Crippen molar-refractivity contribution in [2.45, 2.75) is 33.3 Å². The highest BCUT2D eigenvalue weighted by Crippen LogP contribution is 2.23. The van der Waals surface area contributed by atoms with Gasteiger partial charge in [0.1, 0.15) is 6.61 Å². The summed E-state index contributed by atoms with van der Waals surface area (Å²) in [6.07, 6.45) is 3.18. The van der Waals surface area contributed by atoms with Crippen molar-refractivity contribution in [3.8, 4) is 0 Å².